The van der Waals surface area contributed by atoms with Crippen LogP contribution in [-0.2, 0) is 4.79 Å². The molecule has 0 spiro atoms. The van der Waals surface area contributed by atoms with Crippen LogP contribution in [0, 0.1) is 24.3 Å². The Morgan fingerprint density at radius 1 is 1.09 bits per heavy atom. The highest BCUT2D eigenvalue weighted by Crippen LogP contribution is 2.21. The number of aryl methyl sites for hydroxylation is 3. The fourth-order valence-corrected chi connectivity index (χ4v) is 2.85. The fourth-order valence-electron chi connectivity index (χ4n) is 2.49. The van der Waals surface area contributed by atoms with E-state index in [2.05, 4.69) is 60.8 Å². The lowest BCUT2D eigenvalue weighted by atomic mass is 9.96. The summed E-state index contributed by atoms with van der Waals surface area (Å²) in [6.45, 7) is 8.29. The lowest BCUT2D eigenvalue weighted by molar-refractivity contribution is -0.123. The predicted molar refractivity (Wildman–Crippen MR) is 102 cm³/mol. The first kappa shape index (κ1) is 17.8. The first-order valence-corrected chi connectivity index (χ1v) is 8.70. The molecule has 23 heavy (non-hydrogen) atoms. The SMILES string of the molecule is Cc1cc(C)c(C(C)NC(=O)COc2ccc(I)cc2)cc1C. The van der Waals surface area contributed by atoms with Crippen molar-refractivity contribution in [2.75, 3.05) is 6.61 Å². The summed E-state index contributed by atoms with van der Waals surface area (Å²) in [6.07, 6.45) is 0. The van der Waals surface area contributed by atoms with Crippen LogP contribution in [0.15, 0.2) is 36.4 Å². The van der Waals surface area contributed by atoms with Gasteiger partial charge < -0.3 is 10.1 Å². The molecule has 0 aliphatic heterocycles. The Hall–Kier alpha value is -1.56. The zero-order valence-electron chi connectivity index (χ0n) is 13.9. The van der Waals surface area contributed by atoms with Gasteiger partial charge in [-0.3, -0.25) is 4.79 Å². The van der Waals surface area contributed by atoms with Gasteiger partial charge in [-0.15, -0.1) is 0 Å². The van der Waals surface area contributed by atoms with E-state index in [0.29, 0.717) is 5.75 Å². The van der Waals surface area contributed by atoms with E-state index in [9.17, 15) is 4.79 Å². The Balaban J connectivity index is 1.94. The minimum Gasteiger partial charge on any atom is -0.484 e. The van der Waals surface area contributed by atoms with Gasteiger partial charge >= 0.3 is 0 Å². The van der Waals surface area contributed by atoms with Gasteiger partial charge in [0.25, 0.3) is 5.91 Å². The highest BCUT2D eigenvalue weighted by molar-refractivity contribution is 14.1. The zero-order valence-corrected chi connectivity index (χ0v) is 16.1. The largest absolute Gasteiger partial charge is 0.484 e. The number of halogens is 1. The molecule has 1 amide bonds. The molecule has 0 aliphatic rings. The van der Waals surface area contributed by atoms with Gasteiger partial charge in [0, 0.05) is 3.57 Å². The molecule has 0 bridgehead atoms. The van der Waals surface area contributed by atoms with Crippen LogP contribution in [-0.4, -0.2) is 12.5 Å². The third-order valence-electron chi connectivity index (χ3n) is 3.91. The number of amides is 1. The number of carbonyl (C=O) groups excluding carboxylic acids is 1. The van der Waals surface area contributed by atoms with Crippen molar-refractivity contribution in [1.29, 1.82) is 0 Å². The highest BCUT2D eigenvalue weighted by Gasteiger charge is 2.13. The number of benzene rings is 2. The van der Waals surface area contributed by atoms with E-state index < -0.39 is 0 Å². The number of hydrogen-bond donors (Lipinski definition) is 1. The summed E-state index contributed by atoms with van der Waals surface area (Å²) in [7, 11) is 0. The maximum absolute atomic E-state index is 12.1. The van der Waals surface area contributed by atoms with Crippen LogP contribution in [0.1, 0.15) is 35.2 Å². The molecule has 3 nitrogen and oxygen atoms in total. The average molecular weight is 423 g/mol. The first-order chi connectivity index (χ1) is 10.9. The molecule has 1 N–H and O–H groups in total. The summed E-state index contributed by atoms with van der Waals surface area (Å²) in [5.41, 5.74) is 4.85. The summed E-state index contributed by atoms with van der Waals surface area (Å²) in [6, 6.07) is 11.9. The summed E-state index contributed by atoms with van der Waals surface area (Å²) in [5.74, 6) is 0.587. The third kappa shape index (κ3) is 4.96. The maximum atomic E-state index is 12.1. The van der Waals surface area contributed by atoms with Crippen LogP contribution in [0.5, 0.6) is 5.75 Å². The number of ether oxygens (including phenoxy) is 1. The van der Waals surface area contributed by atoms with Crippen molar-refractivity contribution in [3.05, 3.63) is 62.2 Å². The monoisotopic (exact) mass is 423 g/mol. The molecule has 0 saturated carbocycles. The summed E-state index contributed by atoms with van der Waals surface area (Å²) >= 11 is 2.23. The van der Waals surface area contributed by atoms with Crippen molar-refractivity contribution in [1.82, 2.24) is 5.32 Å². The molecule has 0 saturated heterocycles. The lowest BCUT2D eigenvalue weighted by Crippen LogP contribution is -2.31. The number of nitrogens with one attached hydrogen (secondary N) is 1. The van der Waals surface area contributed by atoms with Crippen LogP contribution in [0.4, 0.5) is 0 Å². The van der Waals surface area contributed by atoms with Gasteiger partial charge in [-0.25, -0.2) is 0 Å². The highest BCUT2D eigenvalue weighted by atomic mass is 127. The Morgan fingerprint density at radius 3 is 2.35 bits per heavy atom. The molecule has 0 aliphatic carbocycles. The Kier molecular flexibility index (Phi) is 6.04. The summed E-state index contributed by atoms with van der Waals surface area (Å²) < 4.78 is 6.65. The van der Waals surface area contributed by atoms with Crippen LogP contribution in [0.3, 0.4) is 0 Å². The van der Waals surface area contributed by atoms with E-state index in [4.69, 9.17) is 4.74 Å². The molecule has 122 valence electrons. The minimum absolute atomic E-state index is 0.0226. The van der Waals surface area contributed by atoms with E-state index in [1.54, 1.807) is 0 Å². The molecular weight excluding hydrogens is 401 g/mol. The Labute approximate surface area is 151 Å². The quantitative estimate of drug-likeness (QED) is 0.721. The van der Waals surface area contributed by atoms with Crippen LogP contribution >= 0.6 is 22.6 Å². The normalized spacial score (nSPS) is 11.9. The summed E-state index contributed by atoms with van der Waals surface area (Å²) in [5, 5.41) is 3.00. The Bertz CT molecular complexity index is 695. The van der Waals surface area contributed by atoms with E-state index in [0.717, 1.165) is 9.13 Å². The molecule has 2 aromatic rings. The molecule has 0 radical (unpaired) electrons. The zero-order chi connectivity index (χ0) is 17.0. The van der Waals surface area contributed by atoms with Crippen molar-refractivity contribution in [2.45, 2.75) is 33.7 Å². The van der Waals surface area contributed by atoms with Crippen molar-refractivity contribution in [2.24, 2.45) is 0 Å². The Morgan fingerprint density at radius 2 is 1.70 bits per heavy atom. The summed E-state index contributed by atoms with van der Waals surface area (Å²) in [4.78, 5) is 12.1. The second kappa shape index (κ2) is 7.81. The van der Waals surface area contributed by atoms with Gasteiger partial charge in [0.05, 0.1) is 6.04 Å². The van der Waals surface area contributed by atoms with Gasteiger partial charge in [0.15, 0.2) is 6.61 Å². The molecular formula is C19H22INO2. The van der Waals surface area contributed by atoms with Gasteiger partial charge in [-0.2, -0.15) is 0 Å². The third-order valence-corrected chi connectivity index (χ3v) is 4.63. The number of rotatable bonds is 5. The molecule has 2 rings (SSSR count). The minimum atomic E-state index is -0.117. The van der Waals surface area contributed by atoms with E-state index >= 15 is 0 Å². The predicted octanol–water partition coefficient (Wildman–Crippen LogP) is 4.47. The van der Waals surface area contributed by atoms with Crippen LogP contribution in [0.2, 0.25) is 0 Å². The molecule has 0 heterocycles. The lowest BCUT2D eigenvalue weighted by Gasteiger charge is -2.18. The topological polar surface area (TPSA) is 38.3 Å². The second-order valence-corrected chi connectivity index (χ2v) is 7.07. The van der Waals surface area contributed by atoms with Gasteiger partial charge in [0.1, 0.15) is 5.75 Å². The standard InChI is InChI=1S/C19H22INO2/c1-12-9-14(3)18(10-13(12)2)15(4)21-19(22)11-23-17-7-5-16(20)6-8-17/h5-10,15H,11H2,1-4H3,(H,21,22). The maximum Gasteiger partial charge on any atom is 0.258 e. The van der Waals surface area contributed by atoms with Gasteiger partial charge in [0.2, 0.25) is 0 Å². The first-order valence-electron chi connectivity index (χ1n) is 7.62. The van der Waals surface area contributed by atoms with Crippen molar-refractivity contribution in [3.63, 3.8) is 0 Å². The molecule has 1 unspecified atom stereocenters. The molecule has 0 aromatic heterocycles. The van der Waals surface area contributed by atoms with Gasteiger partial charge in [-0.05, 0) is 96.8 Å². The van der Waals surface area contributed by atoms with E-state index in [1.165, 1.54) is 16.7 Å². The number of hydrogen-bond acceptors (Lipinski definition) is 2. The van der Waals surface area contributed by atoms with E-state index in [1.807, 2.05) is 31.2 Å². The van der Waals surface area contributed by atoms with Crippen molar-refractivity contribution in [3.8, 4) is 5.75 Å². The number of carbonyl (C=O) groups is 1. The second-order valence-electron chi connectivity index (χ2n) is 5.82. The van der Waals surface area contributed by atoms with E-state index in [-0.39, 0.29) is 18.6 Å². The van der Waals surface area contributed by atoms with Crippen molar-refractivity contribution < 1.29 is 9.53 Å². The van der Waals surface area contributed by atoms with Crippen molar-refractivity contribution >= 4 is 28.5 Å². The average Bonchev–Trinajstić information content (AvgIpc) is 2.50. The molecule has 1 atom stereocenters. The van der Waals surface area contributed by atoms with Gasteiger partial charge in [-0.1, -0.05) is 12.1 Å². The van der Waals surface area contributed by atoms with Crippen LogP contribution in [0.25, 0.3) is 0 Å². The molecule has 4 heteroatoms. The molecule has 2 aromatic carbocycles. The fraction of sp³-hybridized carbons (Fsp3) is 0.316. The smallest absolute Gasteiger partial charge is 0.258 e. The van der Waals surface area contributed by atoms with Crippen LogP contribution < -0.4 is 10.1 Å². The molecule has 0 fully saturated rings.